The van der Waals surface area contributed by atoms with Crippen LogP contribution in [-0.2, 0) is 41.5 Å². The van der Waals surface area contributed by atoms with E-state index in [1.165, 1.54) is 22.3 Å². The van der Waals surface area contributed by atoms with Crippen LogP contribution in [0.1, 0.15) is 102 Å². The molecule has 0 aliphatic carbocycles. The summed E-state index contributed by atoms with van der Waals surface area (Å²) >= 11 is 0. The number of carboxylic acid groups (broad SMARTS) is 2. The molecule has 2 aliphatic rings. The number of methoxy groups -OCH3 is 4. The number of quaternary nitrogens is 2. The Bertz CT molecular complexity index is 1410. The first-order valence-electron chi connectivity index (χ1n) is 17.3. The Morgan fingerprint density at radius 2 is 0.904 bits per heavy atom. The number of fused-ring (bicyclic) bond motifs is 2. The molecular weight excluding hydrogens is 676 g/mol. The zero-order valence-electron chi connectivity index (χ0n) is 32.2. The van der Waals surface area contributed by atoms with Crippen molar-refractivity contribution >= 4 is 23.9 Å². The molecule has 0 spiro atoms. The normalized spacial score (nSPS) is 16.2. The molecule has 14 nitrogen and oxygen atoms in total. The standard InChI is InChI=1S/2C18H27NO4.C2H2O4/c2*1-18(2,3)23-17(20)7-6-14-13-11-16(22-5)15(21-4)10-12(13)8-9-19-14;3-1(4)2(5)6/h2*10-11,14,19H,6-9H2,1-5H3;(H,3,4)(H,5,6). The molecule has 2 aliphatic heterocycles. The molecule has 2 heterocycles. The van der Waals surface area contributed by atoms with E-state index in [0.29, 0.717) is 12.8 Å². The second-order valence-corrected chi connectivity index (χ2v) is 14.4. The lowest BCUT2D eigenvalue weighted by atomic mass is 9.91. The summed E-state index contributed by atoms with van der Waals surface area (Å²) in [6.45, 7) is 13.4. The van der Waals surface area contributed by atoms with Gasteiger partial charge in [0.15, 0.2) is 23.0 Å². The summed E-state index contributed by atoms with van der Waals surface area (Å²) in [5.41, 5.74) is 4.16. The first-order valence-corrected chi connectivity index (χ1v) is 17.3. The quantitative estimate of drug-likeness (QED) is 0.253. The largest absolute Gasteiger partial charge is 0.543 e. The van der Waals surface area contributed by atoms with Crippen molar-refractivity contribution in [1.29, 1.82) is 0 Å². The fourth-order valence-corrected chi connectivity index (χ4v) is 6.01. The van der Waals surface area contributed by atoms with Crippen LogP contribution in [0.3, 0.4) is 0 Å². The van der Waals surface area contributed by atoms with Gasteiger partial charge in [-0.15, -0.1) is 0 Å². The summed E-state index contributed by atoms with van der Waals surface area (Å²) in [5.74, 6) is -1.65. The topological polar surface area (TPSA) is 203 Å². The molecule has 0 saturated carbocycles. The van der Waals surface area contributed by atoms with Gasteiger partial charge in [-0.3, -0.25) is 9.59 Å². The van der Waals surface area contributed by atoms with Crippen LogP contribution >= 0.6 is 0 Å². The summed E-state index contributed by atoms with van der Waals surface area (Å²) < 4.78 is 32.4. The highest BCUT2D eigenvalue weighted by atomic mass is 16.6. The van der Waals surface area contributed by atoms with Crippen molar-refractivity contribution in [3.8, 4) is 23.0 Å². The van der Waals surface area contributed by atoms with Gasteiger partial charge in [-0.1, -0.05) is 0 Å². The van der Waals surface area contributed by atoms with Crippen LogP contribution < -0.4 is 39.8 Å². The van der Waals surface area contributed by atoms with Gasteiger partial charge in [0, 0.05) is 36.8 Å². The van der Waals surface area contributed by atoms with Gasteiger partial charge in [-0.25, -0.2) is 0 Å². The number of carboxylic acids is 2. The molecular formula is C38H56N2O12. The number of hydrogen-bond donors (Lipinski definition) is 2. The zero-order valence-corrected chi connectivity index (χ0v) is 32.2. The van der Waals surface area contributed by atoms with E-state index < -0.39 is 23.1 Å². The van der Waals surface area contributed by atoms with E-state index in [2.05, 4.69) is 22.8 Å². The highest BCUT2D eigenvalue weighted by Gasteiger charge is 2.29. The lowest BCUT2D eigenvalue weighted by Gasteiger charge is -2.26. The minimum atomic E-state index is -2.19. The molecule has 2 atom stereocenters. The minimum Gasteiger partial charge on any atom is -0.543 e. The first kappa shape index (κ1) is 43.6. The number of carbonyl (C=O) groups excluding carboxylic acids is 4. The number of aliphatic carboxylic acids is 2. The summed E-state index contributed by atoms with van der Waals surface area (Å²) in [7, 11) is 6.59. The Hall–Kier alpha value is -4.56. The van der Waals surface area contributed by atoms with Crippen molar-refractivity contribution in [3.63, 3.8) is 0 Å². The Balaban J connectivity index is 0.000000312. The molecule has 0 amide bonds. The maximum absolute atomic E-state index is 12.0. The predicted molar refractivity (Wildman–Crippen MR) is 186 cm³/mol. The maximum atomic E-state index is 12.0. The lowest BCUT2D eigenvalue weighted by molar-refractivity contribution is -0.699. The fourth-order valence-electron chi connectivity index (χ4n) is 6.01. The Morgan fingerprint density at radius 1 is 0.596 bits per heavy atom. The molecule has 4 rings (SSSR count). The summed E-state index contributed by atoms with van der Waals surface area (Å²) in [6.07, 6.45) is 4.37. The van der Waals surface area contributed by atoms with Gasteiger partial charge < -0.3 is 58.9 Å². The monoisotopic (exact) mass is 732 g/mol. The van der Waals surface area contributed by atoms with Crippen LogP contribution in [0.4, 0.5) is 0 Å². The average molecular weight is 733 g/mol. The second-order valence-electron chi connectivity index (χ2n) is 14.4. The van der Waals surface area contributed by atoms with Crippen molar-refractivity contribution in [2.45, 2.75) is 103 Å². The van der Waals surface area contributed by atoms with Crippen LogP contribution in [0.5, 0.6) is 23.0 Å². The van der Waals surface area contributed by atoms with Crippen LogP contribution in [0.25, 0.3) is 0 Å². The van der Waals surface area contributed by atoms with Gasteiger partial charge in [0.2, 0.25) is 0 Å². The van der Waals surface area contributed by atoms with E-state index in [-0.39, 0.29) is 24.0 Å². The number of ether oxygens (including phenoxy) is 6. The highest BCUT2D eigenvalue weighted by molar-refractivity contribution is 6.25. The molecule has 2 aromatic carbocycles. The van der Waals surface area contributed by atoms with Crippen LogP contribution in [0.2, 0.25) is 0 Å². The second kappa shape index (κ2) is 19.9. The molecule has 290 valence electrons. The lowest BCUT2D eigenvalue weighted by Crippen LogP contribution is -2.87. The summed E-state index contributed by atoms with van der Waals surface area (Å²) in [6, 6.07) is 8.72. The van der Waals surface area contributed by atoms with Crippen molar-refractivity contribution in [2.75, 3.05) is 41.5 Å². The van der Waals surface area contributed by atoms with Gasteiger partial charge >= 0.3 is 11.9 Å². The molecule has 14 heteroatoms. The van der Waals surface area contributed by atoms with E-state index >= 15 is 0 Å². The number of nitrogens with two attached hydrogens (primary N) is 2. The van der Waals surface area contributed by atoms with Gasteiger partial charge in [0.1, 0.15) is 23.3 Å². The molecule has 2 aromatic rings. The van der Waals surface area contributed by atoms with Crippen LogP contribution in [0, 0.1) is 0 Å². The molecule has 0 aromatic heterocycles. The zero-order chi connectivity index (χ0) is 39.2. The minimum absolute atomic E-state index is 0.140. The number of rotatable bonds is 10. The third kappa shape index (κ3) is 14.2. The van der Waals surface area contributed by atoms with E-state index in [1.54, 1.807) is 28.4 Å². The predicted octanol–water partition coefficient (Wildman–Crippen LogP) is 0.459. The molecule has 0 saturated heterocycles. The fraction of sp³-hybridized carbons (Fsp3) is 0.579. The van der Waals surface area contributed by atoms with Crippen molar-refractivity contribution in [3.05, 3.63) is 46.5 Å². The highest BCUT2D eigenvalue weighted by Crippen LogP contribution is 2.36. The van der Waals surface area contributed by atoms with Crippen LogP contribution in [-0.4, -0.2) is 76.6 Å². The van der Waals surface area contributed by atoms with Gasteiger partial charge in [-0.05, 0) is 76.9 Å². The number of esters is 2. The van der Waals surface area contributed by atoms with Gasteiger partial charge in [-0.2, -0.15) is 0 Å². The first-order chi connectivity index (χ1) is 24.3. The SMILES string of the molecule is COc1cc2c(cc1OC)C(CCC(=O)OC(C)(C)C)[NH2+]CC2.COc1cc2c(cc1OC)C(CCC(=O)OC(C)(C)C)[NH2+]CC2.O=C([O-])C(=O)[O-]. The van der Waals surface area contributed by atoms with E-state index in [9.17, 15) is 9.59 Å². The van der Waals surface area contributed by atoms with E-state index in [1.807, 2.05) is 53.7 Å². The number of benzene rings is 2. The van der Waals surface area contributed by atoms with E-state index in [0.717, 1.165) is 61.8 Å². The van der Waals surface area contributed by atoms with Gasteiger partial charge in [0.25, 0.3) is 0 Å². The third-order valence-electron chi connectivity index (χ3n) is 8.15. The molecule has 4 N–H and O–H groups in total. The van der Waals surface area contributed by atoms with Gasteiger partial charge in [0.05, 0.1) is 66.3 Å². The average Bonchev–Trinajstić information content (AvgIpc) is 3.07. The molecule has 0 radical (unpaired) electrons. The Labute approximate surface area is 306 Å². The van der Waals surface area contributed by atoms with Crippen molar-refractivity contribution < 1.29 is 68.4 Å². The molecule has 0 bridgehead atoms. The van der Waals surface area contributed by atoms with Crippen LogP contribution in [0.15, 0.2) is 24.3 Å². The molecule has 52 heavy (non-hydrogen) atoms. The van der Waals surface area contributed by atoms with E-state index in [4.69, 9.17) is 48.2 Å². The summed E-state index contributed by atoms with van der Waals surface area (Å²) in [5, 5.41) is 22.4. The Morgan fingerprint density at radius 3 is 1.17 bits per heavy atom. The molecule has 2 unspecified atom stereocenters. The van der Waals surface area contributed by atoms with Crippen molar-refractivity contribution in [1.82, 2.24) is 0 Å². The Kier molecular flexibility index (Phi) is 16.7. The smallest absolute Gasteiger partial charge is 0.306 e. The molecule has 0 fully saturated rings. The van der Waals surface area contributed by atoms with Crippen molar-refractivity contribution in [2.24, 2.45) is 0 Å². The number of hydrogen-bond acceptors (Lipinski definition) is 12. The number of carbonyl (C=O) groups is 4. The maximum Gasteiger partial charge on any atom is 0.306 e. The third-order valence-corrected chi connectivity index (χ3v) is 8.15. The summed E-state index contributed by atoms with van der Waals surface area (Å²) in [4.78, 5) is 41.8.